The number of aryl methyl sites for hydroxylation is 1. The third kappa shape index (κ3) is 8.97. The Labute approximate surface area is 419 Å². The van der Waals surface area contributed by atoms with E-state index in [0.29, 0.717) is 57.2 Å². The molecule has 2 aromatic heterocycles. The van der Waals surface area contributed by atoms with Crippen LogP contribution in [0.15, 0.2) is 114 Å². The molecule has 72 heavy (non-hydrogen) atoms. The summed E-state index contributed by atoms with van der Waals surface area (Å²) in [5.41, 5.74) is 7.61. The van der Waals surface area contributed by atoms with Gasteiger partial charge in [-0.1, -0.05) is 66.8 Å². The predicted molar refractivity (Wildman–Crippen MR) is 275 cm³/mol. The van der Waals surface area contributed by atoms with Crippen molar-refractivity contribution in [2.75, 3.05) is 25.1 Å². The van der Waals surface area contributed by atoms with E-state index in [1.165, 1.54) is 25.7 Å². The number of benzene rings is 3. The molecule has 4 heterocycles. The number of fused-ring (bicyclic) bond motifs is 3. The van der Waals surface area contributed by atoms with E-state index in [1.54, 1.807) is 19.1 Å². The van der Waals surface area contributed by atoms with Crippen molar-refractivity contribution in [1.82, 2.24) is 14.9 Å². The number of H-pyrrole nitrogens is 1. The number of aromatic amines is 1. The van der Waals surface area contributed by atoms with Gasteiger partial charge in [-0.3, -0.25) is 14.4 Å². The summed E-state index contributed by atoms with van der Waals surface area (Å²) in [5, 5.41) is 50.0. The van der Waals surface area contributed by atoms with Crippen LogP contribution in [0.4, 0.5) is 5.69 Å². The summed E-state index contributed by atoms with van der Waals surface area (Å²) in [4.78, 5) is 46.5. The quantitative estimate of drug-likeness (QED) is 0.0518. The second-order valence-corrected chi connectivity index (χ2v) is 20.2. The Bertz CT molecular complexity index is 3180. The number of carbonyl (C=O) groups is 3. The Balaban J connectivity index is 1.23. The Kier molecular flexibility index (Phi) is 13.2. The molecule has 0 radical (unpaired) electrons. The lowest BCUT2D eigenvalue weighted by Gasteiger charge is -2.43. The van der Waals surface area contributed by atoms with Crippen LogP contribution in [-0.2, 0) is 32.0 Å². The zero-order valence-corrected chi connectivity index (χ0v) is 41.2. The minimum atomic E-state index is -0.763. The number of anilines is 1. The number of allylic oxidation sites excluding steroid dienone is 6. The van der Waals surface area contributed by atoms with Gasteiger partial charge in [-0.15, -0.1) is 0 Å². The van der Waals surface area contributed by atoms with Crippen molar-refractivity contribution in [1.29, 1.82) is 0 Å². The number of methoxy groups -OCH3 is 1. The molecule has 1 spiro atoms. The van der Waals surface area contributed by atoms with Crippen molar-refractivity contribution >= 4 is 34.0 Å². The van der Waals surface area contributed by atoms with Crippen molar-refractivity contribution in [2.24, 2.45) is 11.3 Å². The number of rotatable bonds is 7. The van der Waals surface area contributed by atoms with E-state index in [9.17, 15) is 34.8 Å². The Morgan fingerprint density at radius 3 is 2.64 bits per heavy atom. The summed E-state index contributed by atoms with van der Waals surface area (Å²) in [7, 11) is 1.40. The lowest BCUT2D eigenvalue weighted by Crippen LogP contribution is -2.36. The van der Waals surface area contributed by atoms with Crippen molar-refractivity contribution in [3.63, 3.8) is 0 Å². The first-order valence-corrected chi connectivity index (χ1v) is 25.1. The fraction of sp³-hybridized carbons (Fsp3) is 0.373. The Hall–Kier alpha value is -7.43. The number of aromatic hydroxyl groups is 3. The molecular formula is C59H62N4O9. The van der Waals surface area contributed by atoms with E-state index in [-0.39, 0.29) is 60.1 Å². The SMILES string of the molecule is COc1cc([C@@H]2CC(=O)C[C@H](OC(C)=O)CC[C@]34Cc5c[nH]cc5[C@@H](C#CCC3=CC=C[C@@H]4C)[C@H](c3cccc(O)c3)C3=CCNC(=C3)N(CCC(C)=O)c3ccc4c5c(n2cc35)CC[C@@H]4O)cc(O)c1O. The number of hydrogen-bond acceptors (Lipinski definition) is 11. The van der Waals surface area contributed by atoms with E-state index in [4.69, 9.17) is 9.47 Å². The molecule has 10 rings (SSSR count). The number of aromatic nitrogens is 2. The number of aliphatic hydroxyl groups excluding tert-OH is 1. The molecule has 372 valence electrons. The molecule has 2 aliphatic heterocycles. The number of ether oxygens (including phenoxy) is 2. The molecule has 6 N–H and O–H groups in total. The van der Waals surface area contributed by atoms with Gasteiger partial charge in [-0.05, 0) is 115 Å². The number of nitrogens with zero attached hydrogens (tertiary/aromatic N) is 2. The molecule has 13 heteroatoms. The number of Topliss-reactive ketones (excluding diaryl/α,β-unsaturated/α-hetero) is 2. The first-order valence-electron chi connectivity index (χ1n) is 25.1. The van der Waals surface area contributed by atoms with Crippen molar-refractivity contribution < 1.29 is 44.3 Å². The maximum Gasteiger partial charge on any atom is 0.302 e. The summed E-state index contributed by atoms with van der Waals surface area (Å²) in [6, 6.07) is 13.7. The van der Waals surface area contributed by atoms with Crippen LogP contribution < -0.4 is 15.0 Å². The van der Waals surface area contributed by atoms with Crippen LogP contribution in [0, 0.1) is 23.2 Å². The molecule has 3 aliphatic carbocycles. The van der Waals surface area contributed by atoms with Gasteiger partial charge in [-0.25, -0.2) is 0 Å². The molecule has 0 fully saturated rings. The molecule has 0 unspecified atom stereocenters. The predicted octanol–water partition coefficient (Wildman–Crippen LogP) is 9.53. The number of dihydropyridines is 1. The number of phenols is 3. The number of hydrogen-bond donors (Lipinski definition) is 6. The van der Waals surface area contributed by atoms with Gasteiger partial charge in [0, 0.05) is 92.1 Å². The summed E-state index contributed by atoms with van der Waals surface area (Å²) in [6.07, 6.45) is 18.5. The number of carbonyl (C=O) groups excluding carboxylic acids is 3. The minimum Gasteiger partial charge on any atom is -0.508 e. The second-order valence-electron chi connectivity index (χ2n) is 20.2. The average Bonchev–Trinajstić information content (AvgIpc) is 3.98. The van der Waals surface area contributed by atoms with Crippen LogP contribution in [-0.4, -0.2) is 73.8 Å². The van der Waals surface area contributed by atoms with Gasteiger partial charge in [0.2, 0.25) is 5.75 Å². The van der Waals surface area contributed by atoms with Gasteiger partial charge in [0.05, 0.1) is 30.9 Å². The van der Waals surface area contributed by atoms with Crippen LogP contribution in [0.25, 0.3) is 10.8 Å². The Morgan fingerprint density at radius 2 is 1.85 bits per heavy atom. The van der Waals surface area contributed by atoms with Gasteiger partial charge in [0.1, 0.15) is 29.2 Å². The molecule has 5 aromatic rings. The number of nitrogens with one attached hydrogen (secondary N) is 2. The highest BCUT2D eigenvalue weighted by Gasteiger charge is 2.43. The van der Waals surface area contributed by atoms with Gasteiger partial charge < -0.3 is 49.7 Å². The maximum atomic E-state index is 14.9. The van der Waals surface area contributed by atoms with Crippen LogP contribution in [0.2, 0.25) is 0 Å². The van der Waals surface area contributed by atoms with E-state index in [1.807, 2.05) is 36.5 Å². The summed E-state index contributed by atoms with van der Waals surface area (Å²) in [5.74, 6) is 6.20. The molecule has 0 saturated carbocycles. The van der Waals surface area contributed by atoms with E-state index >= 15 is 0 Å². The highest BCUT2D eigenvalue weighted by molar-refractivity contribution is 6.00. The topological polar surface area (TPSA) is 187 Å². The molecule has 3 aromatic carbocycles. The molecule has 13 nitrogen and oxygen atoms in total. The van der Waals surface area contributed by atoms with Crippen LogP contribution in [0.3, 0.4) is 0 Å². The van der Waals surface area contributed by atoms with Crippen LogP contribution in [0.1, 0.15) is 123 Å². The summed E-state index contributed by atoms with van der Waals surface area (Å²) in [6.45, 7) is 5.94. The van der Waals surface area contributed by atoms with Crippen molar-refractivity contribution in [3.05, 3.63) is 148 Å². The van der Waals surface area contributed by atoms with Crippen LogP contribution in [0.5, 0.6) is 23.0 Å². The highest BCUT2D eigenvalue weighted by atomic mass is 16.5. The number of ketones is 2. The summed E-state index contributed by atoms with van der Waals surface area (Å²) >= 11 is 0. The number of aliphatic hydroxyl groups is 1. The van der Waals surface area contributed by atoms with E-state index in [2.05, 4.69) is 81.3 Å². The third-order valence-corrected chi connectivity index (χ3v) is 15.8. The zero-order chi connectivity index (χ0) is 50.4. The van der Waals surface area contributed by atoms with Gasteiger partial charge >= 0.3 is 5.97 Å². The van der Waals surface area contributed by atoms with Gasteiger partial charge in [0.15, 0.2) is 11.5 Å². The summed E-state index contributed by atoms with van der Waals surface area (Å²) < 4.78 is 13.7. The monoisotopic (exact) mass is 970 g/mol. The minimum absolute atomic E-state index is 0.00960. The number of esters is 1. The molecular weight excluding hydrogens is 909 g/mol. The fourth-order valence-electron chi connectivity index (χ4n) is 12.3. The van der Waals surface area contributed by atoms with Crippen molar-refractivity contribution in [3.8, 4) is 34.8 Å². The van der Waals surface area contributed by atoms with E-state index < -0.39 is 41.1 Å². The van der Waals surface area contributed by atoms with Crippen molar-refractivity contribution in [2.45, 2.75) is 109 Å². The van der Waals surface area contributed by atoms with Crippen LogP contribution >= 0.6 is 0 Å². The second kappa shape index (κ2) is 19.6. The third-order valence-electron chi connectivity index (χ3n) is 15.8. The lowest BCUT2D eigenvalue weighted by atomic mass is 9.61. The smallest absolute Gasteiger partial charge is 0.302 e. The van der Waals surface area contributed by atoms with E-state index in [0.717, 1.165) is 55.8 Å². The zero-order valence-electron chi connectivity index (χ0n) is 41.2. The fourth-order valence-corrected chi connectivity index (χ4v) is 12.3. The molecule has 5 aliphatic rings. The van der Waals surface area contributed by atoms with Gasteiger partial charge in [0.25, 0.3) is 0 Å². The lowest BCUT2D eigenvalue weighted by molar-refractivity contribution is -0.148. The molecule has 7 atom stereocenters. The largest absolute Gasteiger partial charge is 0.508 e. The Morgan fingerprint density at radius 1 is 1.00 bits per heavy atom. The molecule has 6 bridgehead atoms. The molecule has 0 amide bonds. The highest BCUT2D eigenvalue weighted by Crippen LogP contribution is 2.52. The first-order chi connectivity index (χ1) is 34.7. The first kappa shape index (κ1) is 48.2. The molecule has 0 saturated heterocycles. The average molecular weight is 971 g/mol. The normalized spacial score (nSPS) is 25.0. The number of phenolic OH excluding ortho intramolecular Hbond substituents is 3. The maximum absolute atomic E-state index is 14.9. The van der Waals surface area contributed by atoms with Gasteiger partial charge in [-0.2, -0.15) is 0 Å². The standard InChI is InChI=1S/C59H62N4O9/c1-34-8-5-10-41-11-7-13-45-47-32-60-31-40(47)30-59(34,41)21-18-44(72-36(3)65)28-43(67)29-51(39-25-53(69)58(70)54(26-39)71-4)63-33-48-49(15-14-46-52(68)17-16-50(63)57(46)48)62(23-20-35(2)64)55-27-38(19-22-61-55)56(45)37-9-6-12-42(66)24-37/h5-6,8-10,12,14-15,19,24-27,31-34,44-45,51-52,56,60-61,66,68-70H,11,16-18,20-23,28-30H2,1-4H3/t34-,44+,45+,51-,52-,56+,59+/m0/s1.